The van der Waals surface area contributed by atoms with Crippen molar-refractivity contribution >= 4 is 17.6 Å². The molecule has 2 aliphatic rings. The number of aliphatic hydroxyl groups excluding tert-OH is 1. The predicted octanol–water partition coefficient (Wildman–Crippen LogP) is 5.06. The Morgan fingerprint density at radius 3 is 2.54 bits per heavy atom. The van der Waals surface area contributed by atoms with Crippen molar-refractivity contribution in [3.63, 3.8) is 0 Å². The highest BCUT2D eigenvalue weighted by Gasteiger charge is 2.42. The zero-order chi connectivity index (χ0) is 29.0. The van der Waals surface area contributed by atoms with Crippen molar-refractivity contribution in [1.29, 1.82) is 0 Å². The van der Waals surface area contributed by atoms with E-state index in [2.05, 4.69) is 4.90 Å². The number of methoxy groups -OCH3 is 2. The first-order valence-corrected chi connectivity index (χ1v) is 13.8. The number of fused-ring (bicyclic) bond motifs is 1. The summed E-state index contributed by atoms with van der Waals surface area (Å²) in [5.74, 6) is 1.16. The van der Waals surface area contributed by atoms with Gasteiger partial charge in [-0.2, -0.15) is 0 Å². The summed E-state index contributed by atoms with van der Waals surface area (Å²) < 4.78 is 41.7. The minimum Gasteiger partial charge on any atom is -0.497 e. The molecule has 0 aliphatic carbocycles. The van der Waals surface area contributed by atoms with E-state index in [1.165, 1.54) is 25.3 Å². The number of carbonyl (C=O) groups excluding carboxylic acids is 1. The molecule has 2 heterocycles. The normalized spacial score (nSPS) is 16.5. The van der Waals surface area contributed by atoms with E-state index < -0.39 is 12.1 Å². The molecular formula is C31H33ClFNO7. The van der Waals surface area contributed by atoms with Crippen LogP contribution >= 0.6 is 11.6 Å². The molecule has 3 aromatic rings. The highest BCUT2D eigenvalue weighted by Crippen LogP contribution is 2.41. The number of β-amino-alcohol motifs (C(OH)–C–C–N with tert-alkyl or cyclic N) is 1. The molecule has 0 bridgehead atoms. The summed E-state index contributed by atoms with van der Waals surface area (Å²) >= 11 is 6.40. The van der Waals surface area contributed by atoms with Gasteiger partial charge in [-0.15, -0.1) is 0 Å². The number of hydrogen-bond acceptors (Lipinski definition) is 8. The number of esters is 1. The van der Waals surface area contributed by atoms with Crippen LogP contribution in [0.1, 0.15) is 34.3 Å². The molecule has 1 saturated heterocycles. The van der Waals surface area contributed by atoms with Gasteiger partial charge >= 0.3 is 5.97 Å². The number of rotatable bonds is 10. The van der Waals surface area contributed by atoms with Gasteiger partial charge in [-0.3, -0.25) is 0 Å². The van der Waals surface area contributed by atoms with E-state index in [0.717, 1.165) is 48.6 Å². The Bertz CT molecular complexity index is 1380. The lowest BCUT2D eigenvalue weighted by Gasteiger charge is -2.39. The minimum atomic E-state index is -0.815. The molecule has 218 valence electrons. The molecule has 1 atom stereocenters. The van der Waals surface area contributed by atoms with Gasteiger partial charge in [0.2, 0.25) is 0 Å². The van der Waals surface area contributed by atoms with Crippen molar-refractivity contribution in [2.24, 2.45) is 0 Å². The molecule has 0 unspecified atom stereocenters. The fourth-order valence-corrected chi connectivity index (χ4v) is 5.50. The quantitative estimate of drug-likeness (QED) is 0.330. The molecule has 0 aromatic heterocycles. The Hall–Kier alpha value is -3.53. The van der Waals surface area contributed by atoms with E-state index in [4.69, 9.17) is 35.3 Å². The summed E-state index contributed by atoms with van der Waals surface area (Å²) in [5, 5.41) is 11.0. The summed E-state index contributed by atoms with van der Waals surface area (Å²) in [6, 6.07) is 15.1. The number of halogens is 2. The molecule has 0 saturated carbocycles. The summed E-state index contributed by atoms with van der Waals surface area (Å²) in [6.07, 6.45) is 1.42. The third-order valence-corrected chi connectivity index (χ3v) is 7.82. The van der Waals surface area contributed by atoms with Crippen LogP contribution in [0.25, 0.3) is 0 Å². The second-order valence-electron chi connectivity index (χ2n) is 10.4. The second kappa shape index (κ2) is 12.5. The van der Waals surface area contributed by atoms with Crippen LogP contribution in [0.2, 0.25) is 5.02 Å². The fourth-order valence-electron chi connectivity index (χ4n) is 5.28. The van der Waals surface area contributed by atoms with E-state index in [0.29, 0.717) is 18.7 Å². The molecule has 10 heteroatoms. The standard InChI is InChI=1S/C31H33ClFNO7/c1-37-24-6-3-20(4-7-24)18-39-29-15-28(25(14-26(29)32)30(36)38-2)40-19-23(35)17-34-11-9-31(10-12-34)16-21-13-22(33)5-8-27(21)41-31/h3-8,13-15,23,35H,9-12,16-19H2,1-2H3/t23-/m1/s1. The smallest absolute Gasteiger partial charge is 0.341 e. The van der Waals surface area contributed by atoms with Crippen LogP contribution in [0.3, 0.4) is 0 Å². The minimum absolute atomic E-state index is 0.0492. The molecular weight excluding hydrogens is 553 g/mol. The van der Waals surface area contributed by atoms with Gasteiger partial charge in [-0.25, -0.2) is 9.18 Å². The third kappa shape index (κ3) is 6.86. The zero-order valence-corrected chi connectivity index (χ0v) is 23.8. The Morgan fingerprint density at radius 1 is 1.07 bits per heavy atom. The Morgan fingerprint density at radius 2 is 1.83 bits per heavy atom. The SMILES string of the molecule is COC(=O)c1cc(Cl)c(OCc2ccc(OC)cc2)cc1OC[C@H](O)CN1CCC2(CC1)Cc1cc(F)ccc1O2. The molecule has 1 spiro atoms. The number of carbonyl (C=O) groups is 1. The van der Waals surface area contributed by atoms with Crippen molar-refractivity contribution in [2.45, 2.75) is 37.6 Å². The lowest BCUT2D eigenvalue weighted by atomic mass is 9.87. The van der Waals surface area contributed by atoms with Crippen LogP contribution in [0, 0.1) is 5.82 Å². The summed E-state index contributed by atoms with van der Waals surface area (Å²) in [7, 11) is 2.87. The van der Waals surface area contributed by atoms with Gasteiger partial charge in [0.15, 0.2) is 0 Å². The largest absolute Gasteiger partial charge is 0.497 e. The maximum Gasteiger partial charge on any atom is 0.341 e. The molecule has 0 radical (unpaired) electrons. The lowest BCUT2D eigenvalue weighted by Crippen LogP contribution is -2.49. The van der Waals surface area contributed by atoms with Crippen LogP contribution in [-0.4, -0.2) is 68.1 Å². The predicted molar refractivity (Wildman–Crippen MR) is 151 cm³/mol. The van der Waals surface area contributed by atoms with E-state index in [9.17, 15) is 14.3 Å². The van der Waals surface area contributed by atoms with Crippen LogP contribution in [-0.2, 0) is 17.8 Å². The van der Waals surface area contributed by atoms with Crippen LogP contribution in [0.5, 0.6) is 23.0 Å². The molecule has 1 N–H and O–H groups in total. The van der Waals surface area contributed by atoms with Gasteiger partial charge < -0.3 is 33.7 Å². The average Bonchev–Trinajstić information content (AvgIpc) is 3.33. The number of piperidine rings is 1. The van der Waals surface area contributed by atoms with Crippen molar-refractivity contribution in [3.05, 3.63) is 82.1 Å². The van der Waals surface area contributed by atoms with Crippen molar-refractivity contribution in [2.75, 3.05) is 40.5 Å². The van der Waals surface area contributed by atoms with E-state index in [1.807, 2.05) is 24.3 Å². The summed E-state index contributed by atoms with van der Waals surface area (Å²) in [4.78, 5) is 14.6. The number of aliphatic hydroxyl groups is 1. The van der Waals surface area contributed by atoms with Gasteiger partial charge in [-0.1, -0.05) is 23.7 Å². The molecule has 3 aromatic carbocycles. The first-order chi connectivity index (χ1) is 19.8. The van der Waals surface area contributed by atoms with Crippen molar-refractivity contribution in [3.8, 4) is 23.0 Å². The summed E-state index contributed by atoms with van der Waals surface area (Å²) in [5.41, 5.74) is 1.62. The maximum absolute atomic E-state index is 13.6. The Labute approximate surface area is 243 Å². The van der Waals surface area contributed by atoms with E-state index in [-0.39, 0.29) is 41.0 Å². The highest BCUT2D eigenvalue weighted by atomic mass is 35.5. The molecule has 5 rings (SSSR count). The second-order valence-corrected chi connectivity index (χ2v) is 10.8. The molecule has 2 aliphatic heterocycles. The lowest BCUT2D eigenvalue weighted by molar-refractivity contribution is -0.00205. The van der Waals surface area contributed by atoms with Crippen LogP contribution in [0.4, 0.5) is 4.39 Å². The molecule has 1 fully saturated rings. The number of benzene rings is 3. The summed E-state index contributed by atoms with van der Waals surface area (Å²) in [6.45, 7) is 2.03. The third-order valence-electron chi connectivity index (χ3n) is 7.52. The number of nitrogens with zero attached hydrogens (tertiary/aromatic N) is 1. The van der Waals surface area contributed by atoms with Gasteiger partial charge in [0.05, 0.1) is 19.2 Å². The Kier molecular flexibility index (Phi) is 8.87. The van der Waals surface area contributed by atoms with Crippen LogP contribution in [0.15, 0.2) is 54.6 Å². The van der Waals surface area contributed by atoms with E-state index in [1.54, 1.807) is 19.2 Å². The maximum atomic E-state index is 13.6. The van der Waals surface area contributed by atoms with Crippen molar-refractivity contribution < 1.29 is 38.0 Å². The number of ether oxygens (including phenoxy) is 5. The highest BCUT2D eigenvalue weighted by molar-refractivity contribution is 6.32. The van der Waals surface area contributed by atoms with Crippen molar-refractivity contribution in [1.82, 2.24) is 4.90 Å². The first-order valence-electron chi connectivity index (χ1n) is 13.5. The average molecular weight is 586 g/mol. The number of likely N-dealkylation sites (tertiary alicyclic amines) is 1. The zero-order valence-electron chi connectivity index (χ0n) is 23.0. The molecule has 0 amide bonds. The van der Waals surface area contributed by atoms with Gasteiger partial charge in [0, 0.05) is 50.5 Å². The van der Waals surface area contributed by atoms with E-state index >= 15 is 0 Å². The van der Waals surface area contributed by atoms with Crippen LogP contribution < -0.4 is 18.9 Å². The Balaban J connectivity index is 1.17. The first kappa shape index (κ1) is 29.0. The fraction of sp³-hybridized carbons (Fsp3) is 0.387. The monoisotopic (exact) mass is 585 g/mol. The number of hydrogen-bond donors (Lipinski definition) is 1. The topological polar surface area (TPSA) is 86.7 Å². The van der Waals surface area contributed by atoms with Gasteiger partial charge in [0.1, 0.15) is 59.3 Å². The molecule has 8 nitrogen and oxygen atoms in total. The van der Waals surface area contributed by atoms with Gasteiger partial charge in [0.25, 0.3) is 0 Å². The molecule has 41 heavy (non-hydrogen) atoms. The van der Waals surface area contributed by atoms with Gasteiger partial charge in [-0.05, 0) is 42.0 Å².